The van der Waals surface area contributed by atoms with Crippen molar-refractivity contribution in [2.75, 3.05) is 19.0 Å². The lowest BCUT2D eigenvalue weighted by Gasteiger charge is -2.22. The monoisotopic (exact) mass is 352 g/mol. The van der Waals surface area contributed by atoms with Crippen LogP contribution in [0.1, 0.15) is 18.5 Å². The number of nitrogens with one attached hydrogen (secondary N) is 1. The summed E-state index contributed by atoms with van der Waals surface area (Å²) in [6, 6.07) is 7.13. The van der Waals surface area contributed by atoms with Gasteiger partial charge in [0, 0.05) is 23.8 Å². The third-order valence-corrected chi connectivity index (χ3v) is 4.87. The van der Waals surface area contributed by atoms with Gasteiger partial charge in [-0.1, -0.05) is 16.1 Å². The molecule has 0 spiro atoms. The molecule has 1 saturated heterocycles. The molecule has 0 bridgehead atoms. The van der Waals surface area contributed by atoms with Gasteiger partial charge in [0.1, 0.15) is 15.8 Å². The van der Waals surface area contributed by atoms with E-state index in [2.05, 4.69) is 19.8 Å². The van der Waals surface area contributed by atoms with E-state index in [4.69, 9.17) is 16.3 Å². The zero-order chi connectivity index (χ0) is 16.2. The Morgan fingerprint density at radius 2 is 2.26 bits per heavy atom. The van der Waals surface area contributed by atoms with Crippen LogP contribution in [0.2, 0.25) is 4.34 Å². The maximum Gasteiger partial charge on any atom is 0.241 e. The van der Waals surface area contributed by atoms with Gasteiger partial charge < -0.3 is 10.1 Å². The molecule has 2 heterocycles. The summed E-state index contributed by atoms with van der Waals surface area (Å²) in [7, 11) is 1.61. The maximum absolute atomic E-state index is 12.5. The van der Waals surface area contributed by atoms with Crippen molar-refractivity contribution in [2.24, 2.45) is 0 Å². The van der Waals surface area contributed by atoms with Crippen molar-refractivity contribution in [1.29, 1.82) is 0 Å². The van der Waals surface area contributed by atoms with Crippen LogP contribution in [0.5, 0.6) is 5.75 Å². The van der Waals surface area contributed by atoms with Gasteiger partial charge in [0.15, 0.2) is 0 Å². The number of hydrogen-bond acceptors (Lipinski definition) is 6. The highest BCUT2D eigenvalue weighted by molar-refractivity contribution is 7.10. The maximum atomic E-state index is 12.5. The molecular weight excluding hydrogens is 336 g/mol. The highest BCUT2D eigenvalue weighted by Crippen LogP contribution is 2.25. The average Bonchev–Trinajstić information content (AvgIpc) is 3.18. The number of hydrogen-bond donors (Lipinski definition) is 1. The van der Waals surface area contributed by atoms with E-state index >= 15 is 0 Å². The largest absolute Gasteiger partial charge is 0.497 e. The third-order valence-electron chi connectivity index (χ3n) is 3.89. The Balaban J connectivity index is 1.64. The summed E-state index contributed by atoms with van der Waals surface area (Å²) >= 11 is 7.23. The fourth-order valence-electron chi connectivity index (χ4n) is 2.70. The Morgan fingerprint density at radius 3 is 2.91 bits per heavy atom. The predicted octanol–water partition coefficient (Wildman–Crippen LogP) is 2.80. The number of rotatable bonds is 5. The number of amides is 1. The Bertz CT molecular complexity index is 676. The molecule has 23 heavy (non-hydrogen) atoms. The predicted molar refractivity (Wildman–Crippen MR) is 90.0 cm³/mol. The second-order valence-corrected chi connectivity index (χ2v) is 6.70. The summed E-state index contributed by atoms with van der Waals surface area (Å²) < 4.78 is 9.54. The van der Waals surface area contributed by atoms with E-state index in [0.29, 0.717) is 10.9 Å². The fraction of sp³-hybridized carbons (Fsp3) is 0.400. The number of anilines is 1. The number of halogens is 1. The first kappa shape index (κ1) is 16.2. The number of carbonyl (C=O) groups excluding carboxylic acids is 1. The first-order chi connectivity index (χ1) is 11.2. The molecule has 0 saturated carbocycles. The van der Waals surface area contributed by atoms with Gasteiger partial charge in [-0.2, -0.15) is 0 Å². The van der Waals surface area contributed by atoms with Crippen molar-refractivity contribution in [1.82, 2.24) is 14.5 Å². The molecule has 1 atom stereocenters. The Labute approximate surface area is 143 Å². The van der Waals surface area contributed by atoms with Crippen LogP contribution in [0.15, 0.2) is 24.3 Å². The minimum Gasteiger partial charge on any atom is -0.497 e. The smallest absolute Gasteiger partial charge is 0.241 e. The van der Waals surface area contributed by atoms with E-state index in [-0.39, 0.29) is 11.9 Å². The SMILES string of the molecule is COc1ccc(NC(=O)[C@H]2CCCN2Cc2nnsc2Cl)cc1. The lowest BCUT2D eigenvalue weighted by Crippen LogP contribution is -2.39. The Hall–Kier alpha value is -1.70. The molecule has 3 rings (SSSR count). The molecule has 1 aromatic carbocycles. The van der Waals surface area contributed by atoms with Crippen molar-refractivity contribution in [2.45, 2.75) is 25.4 Å². The van der Waals surface area contributed by atoms with E-state index in [1.54, 1.807) is 7.11 Å². The zero-order valence-electron chi connectivity index (χ0n) is 12.7. The van der Waals surface area contributed by atoms with E-state index in [1.807, 2.05) is 24.3 Å². The minimum atomic E-state index is -0.171. The molecule has 1 aliphatic heterocycles. The van der Waals surface area contributed by atoms with Crippen molar-refractivity contribution in [3.05, 3.63) is 34.3 Å². The van der Waals surface area contributed by atoms with E-state index in [0.717, 1.165) is 36.5 Å². The molecule has 122 valence electrons. The minimum absolute atomic E-state index is 0.00743. The molecule has 6 nitrogen and oxygen atoms in total. The number of methoxy groups -OCH3 is 1. The van der Waals surface area contributed by atoms with Crippen LogP contribution in [0.4, 0.5) is 5.69 Å². The van der Waals surface area contributed by atoms with E-state index < -0.39 is 0 Å². The Morgan fingerprint density at radius 1 is 1.48 bits per heavy atom. The topological polar surface area (TPSA) is 67.3 Å². The molecule has 0 radical (unpaired) electrons. The molecule has 0 aliphatic carbocycles. The second kappa shape index (κ2) is 7.25. The quantitative estimate of drug-likeness (QED) is 0.896. The van der Waals surface area contributed by atoms with Crippen LogP contribution in [-0.4, -0.2) is 40.1 Å². The highest BCUT2D eigenvalue weighted by atomic mass is 35.5. The second-order valence-electron chi connectivity index (χ2n) is 5.34. The van der Waals surface area contributed by atoms with Crippen molar-refractivity contribution in [3.8, 4) is 5.75 Å². The average molecular weight is 353 g/mol. The van der Waals surface area contributed by atoms with E-state index in [1.165, 1.54) is 11.5 Å². The number of aromatic nitrogens is 2. The highest BCUT2D eigenvalue weighted by Gasteiger charge is 2.31. The van der Waals surface area contributed by atoms with Crippen LogP contribution < -0.4 is 10.1 Å². The van der Waals surface area contributed by atoms with Gasteiger partial charge in [0.2, 0.25) is 5.91 Å². The summed E-state index contributed by atoms with van der Waals surface area (Å²) in [4.78, 5) is 14.6. The molecule has 1 aliphatic rings. The van der Waals surface area contributed by atoms with Crippen molar-refractivity contribution in [3.63, 3.8) is 0 Å². The first-order valence-corrected chi connectivity index (χ1v) is 8.48. The van der Waals surface area contributed by atoms with Crippen LogP contribution >= 0.6 is 23.1 Å². The number of carbonyl (C=O) groups is 1. The summed E-state index contributed by atoms with van der Waals surface area (Å²) in [5.41, 5.74) is 1.50. The van der Waals surface area contributed by atoms with Gasteiger partial charge in [-0.05, 0) is 43.7 Å². The molecule has 1 fully saturated rings. The van der Waals surface area contributed by atoms with Gasteiger partial charge in [-0.15, -0.1) is 5.10 Å². The number of ether oxygens (including phenoxy) is 1. The van der Waals surface area contributed by atoms with Gasteiger partial charge in [0.25, 0.3) is 0 Å². The number of benzene rings is 1. The lowest BCUT2D eigenvalue weighted by molar-refractivity contribution is -0.120. The molecule has 0 unspecified atom stereocenters. The van der Waals surface area contributed by atoms with E-state index in [9.17, 15) is 4.79 Å². The van der Waals surface area contributed by atoms with Gasteiger partial charge >= 0.3 is 0 Å². The number of nitrogens with zero attached hydrogens (tertiary/aromatic N) is 3. The molecular formula is C15H17ClN4O2S. The number of likely N-dealkylation sites (tertiary alicyclic amines) is 1. The van der Waals surface area contributed by atoms with Crippen molar-refractivity contribution >= 4 is 34.7 Å². The van der Waals surface area contributed by atoms with Crippen LogP contribution in [0, 0.1) is 0 Å². The molecule has 1 N–H and O–H groups in total. The third kappa shape index (κ3) is 3.80. The molecule has 8 heteroatoms. The normalized spacial score (nSPS) is 18.1. The summed E-state index contributed by atoms with van der Waals surface area (Å²) in [5.74, 6) is 0.753. The fourth-order valence-corrected chi connectivity index (χ4v) is 3.31. The molecule has 1 amide bonds. The van der Waals surface area contributed by atoms with Crippen molar-refractivity contribution < 1.29 is 9.53 Å². The van der Waals surface area contributed by atoms with Crippen LogP contribution in [0.25, 0.3) is 0 Å². The summed E-state index contributed by atoms with van der Waals surface area (Å²) in [6.07, 6.45) is 1.81. The summed E-state index contributed by atoms with van der Waals surface area (Å²) in [6.45, 7) is 1.41. The van der Waals surface area contributed by atoms with Crippen LogP contribution in [-0.2, 0) is 11.3 Å². The lowest BCUT2D eigenvalue weighted by atomic mass is 10.2. The van der Waals surface area contributed by atoms with Gasteiger partial charge in [-0.3, -0.25) is 9.69 Å². The van der Waals surface area contributed by atoms with Crippen LogP contribution in [0.3, 0.4) is 0 Å². The van der Waals surface area contributed by atoms with Gasteiger partial charge in [0.05, 0.1) is 13.2 Å². The molecule has 2 aromatic rings. The standard InChI is InChI=1S/C15H17ClN4O2S/c1-22-11-6-4-10(5-7-11)17-15(21)13-3-2-8-20(13)9-12-14(16)23-19-18-12/h4-7,13H,2-3,8-9H2,1H3,(H,17,21)/t13-/m1/s1. The zero-order valence-corrected chi connectivity index (χ0v) is 14.2. The summed E-state index contributed by atoms with van der Waals surface area (Å²) in [5, 5.41) is 6.98. The first-order valence-electron chi connectivity index (χ1n) is 7.33. The molecule has 1 aromatic heterocycles. The Kier molecular flexibility index (Phi) is 5.09. The van der Waals surface area contributed by atoms with Gasteiger partial charge in [-0.25, -0.2) is 0 Å².